The average Bonchev–Trinajstić information content (AvgIpc) is 2.76. The minimum atomic E-state index is -4.52. The van der Waals surface area contributed by atoms with E-state index in [1.807, 2.05) is 0 Å². The molecule has 0 aliphatic carbocycles. The van der Waals surface area contributed by atoms with E-state index in [9.17, 15) is 18.0 Å². The van der Waals surface area contributed by atoms with Gasteiger partial charge in [0.1, 0.15) is 18.6 Å². The van der Waals surface area contributed by atoms with Gasteiger partial charge < -0.3 is 4.42 Å². The maximum absolute atomic E-state index is 12.2. The third-order valence-corrected chi connectivity index (χ3v) is 1.87. The molecule has 0 bridgehead atoms. The van der Waals surface area contributed by atoms with Gasteiger partial charge >= 0.3 is 11.9 Å². The van der Waals surface area contributed by atoms with Crippen molar-refractivity contribution in [2.75, 3.05) is 0 Å². The first-order valence-corrected chi connectivity index (χ1v) is 4.23. The van der Waals surface area contributed by atoms with Gasteiger partial charge in [-0.1, -0.05) is 0 Å². The number of rotatable bonds is 2. The van der Waals surface area contributed by atoms with Crippen LogP contribution in [0.15, 0.2) is 27.7 Å². The minimum Gasteiger partial charge on any atom is -0.455 e. The summed E-state index contributed by atoms with van der Waals surface area (Å²) in [6, 6.07) is 1.97. The summed E-state index contributed by atoms with van der Waals surface area (Å²) >= 11 is 0. The van der Waals surface area contributed by atoms with Gasteiger partial charge in [-0.3, -0.25) is 4.98 Å². The lowest BCUT2D eigenvalue weighted by atomic mass is 10.4. The average molecular weight is 233 g/mol. The molecule has 0 saturated carbocycles. The number of aromatic amines is 1. The Labute approximate surface area is 86.5 Å². The van der Waals surface area contributed by atoms with E-state index in [1.54, 1.807) is 0 Å². The first-order chi connectivity index (χ1) is 7.47. The number of aromatic nitrogens is 3. The smallest absolute Gasteiger partial charge is 0.449 e. The van der Waals surface area contributed by atoms with Crippen LogP contribution >= 0.6 is 0 Å². The topological polar surface area (TPSA) is 63.8 Å². The van der Waals surface area contributed by atoms with Crippen LogP contribution in [0.4, 0.5) is 13.2 Å². The first kappa shape index (κ1) is 10.5. The molecule has 1 N–H and O–H groups in total. The zero-order valence-corrected chi connectivity index (χ0v) is 7.78. The summed E-state index contributed by atoms with van der Waals surface area (Å²) in [4.78, 5) is 13.3. The van der Waals surface area contributed by atoms with E-state index in [2.05, 4.69) is 14.5 Å². The van der Waals surface area contributed by atoms with Gasteiger partial charge in [0.15, 0.2) is 0 Å². The number of furan rings is 1. The molecule has 86 valence electrons. The molecule has 2 rings (SSSR count). The molecule has 0 spiro atoms. The minimum absolute atomic E-state index is 0.0153. The summed E-state index contributed by atoms with van der Waals surface area (Å²) in [7, 11) is 0. The van der Waals surface area contributed by atoms with Crippen LogP contribution in [0.25, 0.3) is 0 Å². The third-order valence-electron chi connectivity index (χ3n) is 1.87. The Hall–Kier alpha value is -1.99. The molecule has 2 heterocycles. The van der Waals surface area contributed by atoms with Gasteiger partial charge in [-0.15, -0.1) is 0 Å². The molecule has 16 heavy (non-hydrogen) atoms. The fraction of sp³-hybridized carbons (Fsp3) is 0.250. The highest BCUT2D eigenvalue weighted by Crippen LogP contribution is 2.30. The highest BCUT2D eigenvalue weighted by atomic mass is 19.4. The molecule has 8 heteroatoms. The fourth-order valence-electron chi connectivity index (χ4n) is 1.16. The predicted octanol–water partition coefficient (Wildman–Crippen LogP) is 1.23. The Kier molecular flexibility index (Phi) is 2.33. The molecular weight excluding hydrogens is 227 g/mol. The quantitative estimate of drug-likeness (QED) is 0.848. The molecule has 0 unspecified atom stereocenters. The standard InChI is InChI=1S/C8H6F3N3O2/c9-8(10,11)6-2-1-5(16-6)3-14-7(15)12-4-13-14/h1-2,4H,3H2,(H,12,13,15). The van der Waals surface area contributed by atoms with E-state index in [1.165, 1.54) is 0 Å². The molecule has 0 aromatic carbocycles. The Morgan fingerprint density at radius 3 is 2.69 bits per heavy atom. The maximum Gasteiger partial charge on any atom is 0.449 e. The molecule has 2 aromatic heterocycles. The number of hydrogen-bond acceptors (Lipinski definition) is 3. The van der Waals surface area contributed by atoms with E-state index >= 15 is 0 Å². The van der Waals surface area contributed by atoms with Crippen LogP contribution in [0.5, 0.6) is 0 Å². The summed E-state index contributed by atoms with van der Waals surface area (Å²) in [5, 5.41) is 3.59. The summed E-state index contributed by atoms with van der Waals surface area (Å²) in [5.74, 6) is -1.08. The summed E-state index contributed by atoms with van der Waals surface area (Å²) in [6.45, 7) is -0.140. The van der Waals surface area contributed by atoms with Crippen molar-refractivity contribution >= 4 is 0 Å². The summed E-state index contributed by atoms with van der Waals surface area (Å²) < 4.78 is 42.0. The van der Waals surface area contributed by atoms with Crippen LogP contribution in [0.1, 0.15) is 11.5 Å². The number of H-pyrrole nitrogens is 1. The number of hydrogen-bond donors (Lipinski definition) is 1. The number of nitrogens with zero attached hydrogens (tertiary/aromatic N) is 2. The second kappa shape index (κ2) is 3.54. The molecule has 0 fully saturated rings. The zero-order chi connectivity index (χ0) is 11.8. The van der Waals surface area contributed by atoms with Crippen molar-refractivity contribution < 1.29 is 17.6 Å². The van der Waals surface area contributed by atoms with Crippen molar-refractivity contribution in [1.82, 2.24) is 14.8 Å². The maximum atomic E-state index is 12.2. The van der Waals surface area contributed by atoms with Crippen LogP contribution in [0, 0.1) is 0 Å². The van der Waals surface area contributed by atoms with Crippen LogP contribution in [-0.4, -0.2) is 14.8 Å². The second-order valence-corrected chi connectivity index (χ2v) is 3.02. The third kappa shape index (κ3) is 2.00. The number of alkyl halides is 3. The fourth-order valence-corrected chi connectivity index (χ4v) is 1.16. The monoisotopic (exact) mass is 233 g/mol. The Morgan fingerprint density at radius 1 is 1.44 bits per heavy atom. The zero-order valence-electron chi connectivity index (χ0n) is 7.78. The largest absolute Gasteiger partial charge is 0.455 e. The number of halogens is 3. The normalized spacial score (nSPS) is 11.9. The van der Waals surface area contributed by atoms with Gasteiger partial charge in [0.2, 0.25) is 5.76 Å². The van der Waals surface area contributed by atoms with Crippen molar-refractivity contribution in [3.63, 3.8) is 0 Å². The number of nitrogens with one attached hydrogen (secondary N) is 1. The van der Waals surface area contributed by atoms with Gasteiger partial charge in [0, 0.05) is 0 Å². The van der Waals surface area contributed by atoms with E-state index in [4.69, 9.17) is 0 Å². The molecule has 0 radical (unpaired) electrons. The lowest BCUT2D eigenvalue weighted by Gasteiger charge is -2.00. The van der Waals surface area contributed by atoms with Crippen molar-refractivity contribution in [3.05, 3.63) is 40.5 Å². The molecule has 0 atom stereocenters. The van der Waals surface area contributed by atoms with Crippen LogP contribution in [0.3, 0.4) is 0 Å². The van der Waals surface area contributed by atoms with Crippen molar-refractivity contribution in [2.24, 2.45) is 0 Å². The van der Waals surface area contributed by atoms with Crippen LogP contribution in [-0.2, 0) is 12.7 Å². The lowest BCUT2D eigenvalue weighted by Crippen LogP contribution is -2.18. The SMILES string of the molecule is O=c1[nH]cnn1Cc1ccc(C(F)(F)F)o1. The second-order valence-electron chi connectivity index (χ2n) is 3.02. The first-order valence-electron chi connectivity index (χ1n) is 4.23. The van der Waals surface area contributed by atoms with Crippen LogP contribution in [0.2, 0.25) is 0 Å². The summed E-state index contributed by atoms with van der Waals surface area (Å²) in [6.07, 6.45) is -3.37. The van der Waals surface area contributed by atoms with Crippen molar-refractivity contribution in [1.29, 1.82) is 0 Å². The Bertz CT molecular complexity index is 537. The van der Waals surface area contributed by atoms with Gasteiger partial charge in [-0.25, -0.2) is 9.48 Å². The van der Waals surface area contributed by atoms with Gasteiger partial charge in [-0.2, -0.15) is 18.3 Å². The molecule has 0 amide bonds. The molecule has 0 aliphatic heterocycles. The molecule has 5 nitrogen and oxygen atoms in total. The Balaban J connectivity index is 2.21. The van der Waals surface area contributed by atoms with Gasteiger partial charge in [0.25, 0.3) is 0 Å². The van der Waals surface area contributed by atoms with Crippen LogP contribution < -0.4 is 5.69 Å². The van der Waals surface area contributed by atoms with E-state index in [0.29, 0.717) is 0 Å². The Morgan fingerprint density at radius 2 is 2.19 bits per heavy atom. The van der Waals surface area contributed by atoms with Crippen molar-refractivity contribution in [2.45, 2.75) is 12.7 Å². The van der Waals surface area contributed by atoms with E-state index < -0.39 is 17.6 Å². The van der Waals surface area contributed by atoms with E-state index in [0.717, 1.165) is 23.1 Å². The van der Waals surface area contributed by atoms with Crippen molar-refractivity contribution in [3.8, 4) is 0 Å². The highest BCUT2D eigenvalue weighted by molar-refractivity contribution is 5.09. The van der Waals surface area contributed by atoms with Gasteiger partial charge in [0.05, 0.1) is 0 Å². The molecular formula is C8H6F3N3O2. The summed E-state index contributed by atoms with van der Waals surface area (Å²) in [5.41, 5.74) is -0.509. The van der Waals surface area contributed by atoms with E-state index in [-0.39, 0.29) is 12.3 Å². The highest BCUT2D eigenvalue weighted by Gasteiger charge is 2.34. The predicted molar refractivity (Wildman–Crippen MR) is 45.7 cm³/mol. The molecule has 0 aliphatic rings. The molecule has 2 aromatic rings. The van der Waals surface area contributed by atoms with Gasteiger partial charge in [-0.05, 0) is 12.1 Å². The molecule has 0 saturated heterocycles. The lowest BCUT2D eigenvalue weighted by molar-refractivity contribution is -0.153.